The smallest absolute Gasteiger partial charge is 0.256 e. The minimum atomic E-state index is -0.169. The SMILES string of the molecule is COc1cc2c(cc1OC)C(=Cc1ccc3c(c1)OCO3)C(=O)N2. The van der Waals surface area contributed by atoms with Crippen molar-refractivity contribution in [2.75, 3.05) is 26.3 Å². The number of benzene rings is 2. The van der Waals surface area contributed by atoms with Crippen molar-refractivity contribution in [3.05, 3.63) is 41.5 Å². The number of hydrogen-bond donors (Lipinski definition) is 1. The molecule has 0 unspecified atom stereocenters. The molecule has 0 bridgehead atoms. The summed E-state index contributed by atoms with van der Waals surface area (Å²) in [6, 6.07) is 9.11. The van der Waals surface area contributed by atoms with Crippen LogP contribution < -0.4 is 24.3 Å². The molecule has 0 fully saturated rings. The molecule has 24 heavy (non-hydrogen) atoms. The Morgan fingerprint density at radius 2 is 1.79 bits per heavy atom. The van der Waals surface area contributed by atoms with Gasteiger partial charge in [0.15, 0.2) is 23.0 Å². The molecule has 6 nitrogen and oxygen atoms in total. The molecule has 0 saturated heterocycles. The fraction of sp³-hybridized carbons (Fsp3) is 0.167. The van der Waals surface area contributed by atoms with Crippen LogP contribution in [0.4, 0.5) is 5.69 Å². The van der Waals surface area contributed by atoms with E-state index in [0.29, 0.717) is 34.3 Å². The van der Waals surface area contributed by atoms with E-state index in [1.165, 1.54) is 0 Å². The highest BCUT2D eigenvalue weighted by Crippen LogP contribution is 2.41. The summed E-state index contributed by atoms with van der Waals surface area (Å²) >= 11 is 0. The molecule has 2 heterocycles. The molecule has 122 valence electrons. The van der Waals surface area contributed by atoms with Crippen LogP contribution in [0, 0.1) is 0 Å². The minimum Gasteiger partial charge on any atom is -0.493 e. The first-order valence-corrected chi connectivity index (χ1v) is 7.38. The van der Waals surface area contributed by atoms with Crippen molar-refractivity contribution in [2.45, 2.75) is 0 Å². The van der Waals surface area contributed by atoms with Gasteiger partial charge in [-0.05, 0) is 29.8 Å². The van der Waals surface area contributed by atoms with Crippen molar-refractivity contribution in [1.29, 1.82) is 0 Å². The van der Waals surface area contributed by atoms with Gasteiger partial charge in [-0.2, -0.15) is 0 Å². The number of carbonyl (C=O) groups is 1. The molecule has 0 aliphatic carbocycles. The van der Waals surface area contributed by atoms with Gasteiger partial charge in [-0.15, -0.1) is 0 Å². The van der Waals surface area contributed by atoms with Crippen molar-refractivity contribution in [1.82, 2.24) is 0 Å². The van der Waals surface area contributed by atoms with E-state index in [-0.39, 0.29) is 12.7 Å². The standard InChI is InChI=1S/C18H15NO5/c1-21-15-7-11-12(18(20)19-13(11)8-16(15)22-2)5-10-3-4-14-17(6-10)24-9-23-14/h3-8H,9H2,1-2H3,(H,19,20). The lowest BCUT2D eigenvalue weighted by Crippen LogP contribution is -2.03. The topological polar surface area (TPSA) is 66.0 Å². The third-order valence-electron chi connectivity index (χ3n) is 4.01. The number of anilines is 1. The zero-order valence-corrected chi connectivity index (χ0v) is 13.2. The van der Waals surface area contributed by atoms with Gasteiger partial charge < -0.3 is 24.3 Å². The van der Waals surface area contributed by atoms with Gasteiger partial charge in [0.2, 0.25) is 6.79 Å². The molecular formula is C18H15NO5. The van der Waals surface area contributed by atoms with Gasteiger partial charge in [0.1, 0.15) is 0 Å². The number of rotatable bonds is 3. The van der Waals surface area contributed by atoms with Crippen LogP contribution in [0.1, 0.15) is 11.1 Å². The van der Waals surface area contributed by atoms with Crippen molar-refractivity contribution in [3.8, 4) is 23.0 Å². The number of hydrogen-bond acceptors (Lipinski definition) is 5. The predicted octanol–water partition coefficient (Wildman–Crippen LogP) is 2.93. The maximum absolute atomic E-state index is 12.4. The highest BCUT2D eigenvalue weighted by atomic mass is 16.7. The fourth-order valence-electron chi connectivity index (χ4n) is 2.83. The second-order valence-corrected chi connectivity index (χ2v) is 5.38. The summed E-state index contributed by atoms with van der Waals surface area (Å²) in [6.45, 7) is 0.218. The van der Waals surface area contributed by atoms with Crippen LogP contribution in [-0.4, -0.2) is 26.9 Å². The zero-order valence-electron chi connectivity index (χ0n) is 13.2. The van der Waals surface area contributed by atoms with Crippen LogP contribution in [0.5, 0.6) is 23.0 Å². The summed E-state index contributed by atoms with van der Waals surface area (Å²) in [5.74, 6) is 2.36. The van der Waals surface area contributed by atoms with E-state index in [9.17, 15) is 4.79 Å². The highest BCUT2D eigenvalue weighted by Gasteiger charge is 2.26. The van der Waals surface area contributed by atoms with Gasteiger partial charge in [0, 0.05) is 17.2 Å². The van der Waals surface area contributed by atoms with Gasteiger partial charge in [-0.25, -0.2) is 0 Å². The van der Waals surface area contributed by atoms with Crippen molar-refractivity contribution in [3.63, 3.8) is 0 Å². The molecule has 2 aromatic carbocycles. The van der Waals surface area contributed by atoms with Gasteiger partial charge in [0.05, 0.1) is 19.9 Å². The van der Waals surface area contributed by atoms with Gasteiger partial charge in [0.25, 0.3) is 5.91 Å². The van der Waals surface area contributed by atoms with E-state index >= 15 is 0 Å². The van der Waals surface area contributed by atoms with Crippen LogP contribution >= 0.6 is 0 Å². The molecule has 2 aliphatic heterocycles. The molecular weight excluding hydrogens is 310 g/mol. The first-order chi connectivity index (χ1) is 11.7. The van der Waals surface area contributed by atoms with Crippen LogP contribution in [0.2, 0.25) is 0 Å². The summed E-state index contributed by atoms with van der Waals surface area (Å²) in [7, 11) is 3.13. The second kappa shape index (κ2) is 5.49. The summed E-state index contributed by atoms with van der Waals surface area (Å²) in [5, 5.41) is 2.85. The van der Waals surface area contributed by atoms with Crippen LogP contribution in [0.25, 0.3) is 11.6 Å². The molecule has 1 N–H and O–H groups in total. The Hall–Kier alpha value is -3.15. The molecule has 1 amide bonds. The maximum Gasteiger partial charge on any atom is 0.256 e. The summed E-state index contributed by atoms with van der Waals surface area (Å²) in [5.41, 5.74) is 2.89. The molecule has 0 aromatic heterocycles. The minimum absolute atomic E-state index is 0.169. The Morgan fingerprint density at radius 1 is 1.04 bits per heavy atom. The van der Waals surface area contributed by atoms with Gasteiger partial charge >= 0.3 is 0 Å². The number of amides is 1. The van der Waals surface area contributed by atoms with Crippen molar-refractivity contribution < 1.29 is 23.7 Å². The van der Waals surface area contributed by atoms with E-state index < -0.39 is 0 Å². The van der Waals surface area contributed by atoms with Crippen LogP contribution in [0.15, 0.2) is 30.3 Å². The van der Waals surface area contributed by atoms with Crippen LogP contribution in [-0.2, 0) is 4.79 Å². The monoisotopic (exact) mass is 325 g/mol. The molecule has 0 spiro atoms. The van der Waals surface area contributed by atoms with Crippen molar-refractivity contribution >= 4 is 23.2 Å². The molecule has 6 heteroatoms. The number of ether oxygens (including phenoxy) is 4. The van der Waals surface area contributed by atoms with Gasteiger partial charge in [-0.1, -0.05) is 6.07 Å². The predicted molar refractivity (Wildman–Crippen MR) is 88.6 cm³/mol. The number of methoxy groups -OCH3 is 2. The summed E-state index contributed by atoms with van der Waals surface area (Å²) in [4.78, 5) is 12.4. The first-order valence-electron chi connectivity index (χ1n) is 7.38. The van der Waals surface area contributed by atoms with Crippen LogP contribution in [0.3, 0.4) is 0 Å². The Balaban J connectivity index is 1.79. The number of nitrogens with one attached hydrogen (secondary N) is 1. The first kappa shape index (κ1) is 14.4. The highest BCUT2D eigenvalue weighted by molar-refractivity contribution is 6.35. The molecule has 0 atom stereocenters. The quantitative estimate of drug-likeness (QED) is 0.879. The number of fused-ring (bicyclic) bond motifs is 2. The largest absolute Gasteiger partial charge is 0.493 e. The Bertz CT molecular complexity index is 872. The fourth-order valence-corrected chi connectivity index (χ4v) is 2.83. The Morgan fingerprint density at radius 3 is 2.58 bits per heavy atom. The van der Waals surface area contributed by atoms with E-state index in [0.717, 1.165) is 11.1 Å². The number of carbonyl (C=O) groups excluding carboxylic acids is 1. The summed E-state index contributed by atoms with van der Waals surface area (Å²) in [6.07, 6.45) is 1.81. The molecule has 0 saturated carbocycles. The molecule has 4 rings (SSSR count). The second-order valence-electron chi connectivity index (χ2n) is 5.38. The Kier molecular flexibility index (Phi) is 3.30. The molecule has 2 aromatic rings. The van der Waals surface area contributed by atoms with E-state index in [1.807, 2.05) is 24.3 Å². The molecule has 0 radical (unpaired) electrons. The lowest BCUT2D eigenvalue weighted by atomic mass is 10.0. The molecule has 2 aliphatic rings. The lowest BCUT2D eigenvalue weighted by molar-refractivity contribution is -0.110. The van der Waals surface area contributed by atoms with E-state index in [4.69, 9.17) is 18.9 Å². The van der Waals surface area contributed by atoms with Crippen molar-refractivity contribution in [2.24, 2.45) is 0 Å². The van der Waals surface area contributed by atoms with Gasteiger partial charge in [-0.3, -0.25) is 4.79 Å². The normalized spacial score (nSPS) is 16.1. The lowest BCUT2D eigenvalue weighted by Gasteiger charge is -2.09. The Labute approximate surface area is 138 Å². The third-order valence-corrected chi connectivity index (χ3v) is 4.01. The maximum atomic E-state index is 12.4. The average Bonchev–Trinajstić information content (AvgIpc) is 3.17. The van der Waals surface area contributed by atoms with E-state index in [2.05, 4.69) is 5.32 Å². The zero-order chi connectivity index (χ0) is 16.7. The summed E-state index contributed by atoms with van der Waals surface area (Å²) < 4.78 is 21.3. The third kappa shape index (κ3) is 2.23. The average molecular weight is 325 g/mol. The van der Waals surface area contributed by atoms with E-state index in [1.54, 1.807) is 26.4 Å².